The summed E-state index contributed by atoms with van der Waals surface area (Å²) < 4.78 is 18.5. The van der Waals surface area contributed by atoms with Crippen LogP contribution in [-0.2, 0) is 17.8 Å². The van der Waals surface area contributed by atoms with Gasteiger partial charge in [-0.1, -0.05) is 54.2 Å². The molecular formula is C25H22FN3O2S. The lowest BCUT2D eigenvalue weighted by Gasteiger charge is -2.12. The van der Waals surface area contributed by atoms with Crippen LogP contribution in [0.3, 0.4) is 0 Å². The zero-order chi connectivity index (χ0) is 22.3. The monoisotopic (exact) mass is 447 g/mol. The fourth-order valence-corrected chi connectivity index (χ4v) is 4.09. The normalized spacial score (nSPS) is 10.8. The highest BCUT2D eigenvalue weighted by atomic mass is 32.2. The molecule has 1 aromatic heterocycles. The van der Waals surface area contributed by atoms with Gasteiger partial charge in [-0.25, -0.2) is 14.4 Å². The van der Waals surface area contributed by atoms with E-state index in [0.717, 1.165) is 33.6 Å². The van der Waals surface area contributed by atoms with Crippen molar-refractivity contribution >= 4 is 28.7 Å². The summed E-state index contributed by atoms with van der Waals surface area (Å²) in [4.78, 5) is 22.0. The standard InChI is InChI=1S/C25H22FN3O2S/c1-31-23-9-5-2-6-18(23)14-22-25(29-21-8-4-3-7-20(21)28-22)32-16-24(30)27-15-17-10-12-19(26)13-11-17/h2-13H,14-16H2,1H3,(H,27,30). The number of carbonyl (C=O) groups is 1. The SMILES string of the molecule is COc1ccccc1Cc1nc2ccccc2nc1SCC(=O)NCc1ccc(F)cc1. The van der Waals surface area contributed by atoms with Crippen molar-refractivity contribution in [1.82, 2.24) is 15.3 Å². The van der Waals surface area contributed by atoms with E-state index in [2.05, 4.69) is 5.32 Å². The van der Waals surface area contributed by atoms with Gasteiger partial charge in [0.15, 0.2) is 0 Å². The number of fused-ring (bicyclic) bond motifs is 1. The number of hydrogen-bond donors (Lipinski definition) is 1. The molecule has 162 valence electrons. The van der Waals surface area contributed by atoms with E-state index in [1.165, 1.54) is 23.9 Å². The second-order valence-corrected chi connectivity index (χ2v) is 8.11. The molecule has 5 nitrogen and oxygen atoms in total. The van der Waals surface area contributed by atoms with Gasteiger partial charge in [0.05, 0.1) is 29.6 Å². The van der Waals surface area contributed by atoms with Crippen LogP contribution in [0.15, 0.2) is 77.8 Å². The van der Waals surface area contributed by atoms with Crippen LogP contribution in [0.5, 0.6) is 5.75 Å². The minimum absolute atomic E-state index is 0.127. The minimum Gasteiger partial charge on any atom is -0.496 e. The van der Waals surface area contributed by atoms with E-state index in [4.69, 9.17) is 14.7 Å². The summed E-state index contributed by atoms with van der Waals surface area (Å²) in [5, 5.41) is 3.58. The topological polar surface area (TPSA) is 64.1 Å². The van der Waals surface area contributed by atoms with Crippen molar-refractivity contribution in [2.24, 2.45) is 0 Å². The molecule has 0 saturated carbocycles. The molecule has 1 heterocycles. The predicted octanol–water partition coefficient (Wildman–Crippen LogP) is 4.78. The van der Waals surface area contributed by atoms with Gasteiger partial charge in [-0.05, 0) is 35.9 Å². The number of amides is 1. The van der Waals surface area contributed by atoms with E-state index in [1.54, 1.807) is 19.2 Å². The first-order valence-corrected chi connectivity index (χ1v) is 11.1. The molecule has 1 N–H and O–H groups in total. The molecule has 0 aliphatic heterocycles. The Bertz CT molecular complexity index is 1230. The number of nitrogens with zero attached hydrogens (tertiary/aromatic N) is 2. The first-order valence-electron chi connectivity index (χ1n) is 10.1. The van der Waals surface area contributed by atoms with Gasteiger partial charge in [-0.2, -0.15) is 0 Å². The zero-order valence-electron chi connectivity index (χ0n) is 17.5. The van der Waals surface area contributed by atoms with Gasteiger partial charge >= 0.3 is 0 Å². The molecule has 1 amide bonds. The van der Waals surface area contributed by atoms with Crippen LogP contribution in [0.1, 0.15) is 16.8 Å². The van der Waals surface area contributed by atoms with Crippen molar-refractivity contribution in [2.75, 3.05) is 12.9 Å². The van der Waals surface area contributed by atoms with Crippen molar-refractivity contribution in [3.8, 4) is 5.75 Å². The highest BCUT2D eigenvalue weighted by molar-refractivity contribution is 7.99. The number of carbonyl (C=O) groups excluding carboxylic acids is 1. The Morgan fingerprint density at radius 3 is 2.41 bits per heavy atom. The largest absolute Gasteiger partial charge is 0.496 e. The molecule has 0 aliphatic carbocycles. The summed E-state index contributed by atoms with van der Waals surface area (Å²) in [5.41, 5.74) is 4.23. The molecule has 0 atom stereocenters. The number of para-hydroxylation sites is 3. The summed E-state index contributed by atoms with van der Waals surface area (Å²) in [6.45, 7) is 0.344. The molecule has 4 aromatic rings. The van der Waals surface area contributed by atoms with Gasteiger partial charge in [0, 0.05) is 18.5 Å². The Morgan fingerprint density at radius 2 is 1.66 bits per heavy atom. The molecule has 0 unspecified atom stereocenters. The smallest absolute Gasteiger partial charge is 0.230 e. The summed E-state index contributed by atoms with van der Waals surface area (Å²) in [5.74, 6) is 0.564. The van der Waals surface area contributed by atoms with E-state index >= 15 is 0 Å². The van der Waals surface area contributed by atoms with Crippen LogP contribution in [0, 0.1) is 5.82 Å². The first-order chi connectivity index (χ1) is 15.6. The third kappa shape index (κ3) is 5.42. The maximum Gasteiger partial charge on any atom is 0.230 e. The second-order valence-electron chi connectivity index (χ2n) is 7.14. The molecule has 0 fully saturated rings. The number of ether oxygens (including phenoxy) is 1. The first kappa shape index (κ1) is 21.8. The average Bonchev–Trinajstić information content (AvgIpc) is 2.82. The van der Waals surface area contributed by atoms with Gasteiger partial charge in [0.25, 0.3) is 0 Å². The second kappa shape index (κ2) is 10.2. The number of aromatic nitrogens is 2. The third-order valence-corrected chi connectivity index (χ3v) is 5.91. The maximum atomic E-state index is 13.0. The summed E-state index contributed by atoms with van der Waals surface area (Å²) in [7, 11) is 1.64. The molecule has 3 aromatic carbocycles. The van der Waals surface area contributed by atoms with E-state index in [0.29, 0.717) is 18.0 Å². The van der Waals surface area contributed by atoms with E-state index in [-0.39, 0.29) is 17.5 Å². The number of rotatable bonds is 8. The molecule has 4 rings (SSSR count). The van der Waals surface area contributed by atoms with Crippen molar-refractivity contribution < 1.29 is 13.9 Å². The summed E-state index contributed by atoms with van der Waals surface area (Å²) >= 11 is 1.35. The molecule has 0 spiro atoms. The van der Waals surface area contributed by atoms with Crippen LogP contribution < -0.4 is 10.1 Å². The number of thioether (sulfide) groups is 1. The number of hydrogen-bond acceptors (Lipinski definition) is 5. The third-order valence-electron chi connectivity index (χ3n) is 4.90. The summed E-state index contributed by atoms with van der Waals surface area (Å²) in [6, 6.07) is 21.6. The fourth-order valence-electron chi connectivity index (χ4n) is 3.27. The van der Waals surface area contributed by atoms with Gasteiger partial charge in [0.1, 0.15) is 16.6 Å². The highest BCUT2D eigenvalue weighted by Gasteiger charge is 2.14. The lowest BCUT2D eigenvalue weighted by atomic mass is 10.1. The highest BCUT2D eigenvalue weighted by Crippen LogP contribution is 2.27. The van der Waals surface area contributed by atoms with Crippen LogP contribution in [-0.4, -0.2) is 28.7 Å². The van der Waals surface area contributed by atoms with Crippen LogP contribution in [0.4, 0.5) is 4.39 Å². The van der Waals surface area contributed by atoms with Crippen molar-refractivity contribution in [3.05, 3.63) is 95.4 Å². The Kier molecular flexibility index (Phi) is 6.97. The molecule has 32 heavy (non-hydrogen) atoms. The fraction of sp³-hybridized carbons (Fsp3) is 0.160. The van der Waals surface area contributed by atoms with Crippen LogP contribution >= 0.6 is 11.8 Å². The lowest BCUT2D eigenvalue weighted by molar-refractivity contribution is -0.118. The Hall–Kier alpha value is -3.45. The van der Waals surface area contributed by atoms with Gasteiger partial charge in [-0.3, -0.25) is 4.79 Å². The summed E-state index contributed by atoms with van der Waals surface area (Å²) in [6.07, 6.45) is 0.543. The maximum absolute atomic E-state index is 13.0. The van der Waals surface area contributed by atoms with Gasteiger partial charge < -0.3 is 10.1 Å². The Balaban J connectivity index is 1.50. The number of nitrogens with one attached hydrogen (secondary N) is 1. The quantitative estimate of drug-likeness (QED) is 0.394. The molecule has 0 radical (unpaired) electrons. The minimum atomic E-state index is -0.298. The number of methoxy groups -OCH3 is 1. The predicted molar refractivity (Wildman–Crippen MR) is 124 cm³/mol. The Labute approximate surface area is 190 Å². The molecule has 7 heteroatoms. The van der Waals surface area contributed by atoms with Crippen molar-refractivity contribution in [2.45, 2.75) is 18.0 Å². The molecule has 0 bridgehead atoms. The van der Waals surface area contributed by atoms with E-state index in [1.807, 2.05) is 48.5 Å². The lowest BCUT2D eigenvalue weighted by Crippen LogP contribution is -2.24. The Morgan fingerprint density at radius 1 is 0.969 bits per heavy atom. The molecule has 0 saturated heterocycles. The average molecular weight is 448 g/mol. The van der Waals surface area contributed by atoms with E-state index in [9.17, 15) is 9.18 Å². The van der Waals surface area contributed by atoms with Crippen molar-refractivity contribution in [1.29, 1.82) is 0 Å². The number of benzene rings is 3. The zero-order valence-corrected chi connectivity index (χ0v) is 18.4. The van der Waals surface area contributed by atoms with Crippen LogP contribution in [0.25, 0.3) is 11.0 Å². The molecule has 0 aliphatic rings. The van der Waals surface area contributed by atoms with Gasteiger partial charge in [0.2, 0.25) is 5.91 Å². The van der Waals surface area contributed by atoms with Crippen LogP contribution in [0.2, 0.25) is 0 Å². The van der Waals surface area contributed by atoms with E-state index < -0.39 is 0 Å². The van der Waals surface area contributed by atoms with Gasteiger partial charge in [-0.15, -0.1) is 0 Å². The molecular weight excluding hydrogens is 425 g/mol. The number of halogens is 1. The van der Waals surface area contributed by atoms with Crippen molar-refractivity contribution in [3.63, 3.8) is 0 Å².